The summed E-state index contributed by atoms with van der Waals surface area (Å²) in [5, 5.41) is 12.5. The minimum atomic E-state index is -4.86. The minimum absolute atomic E-state index is 0.174. The van der Waals surface area contributed by atoms with Gasteiger partial charge in [-0.3, -0.25) is 14.6 Å². The molecule has 11 heteroatoms. The van der Waals surface area contributed by atoms with Gasteiger partial charge < -0.3 is 15.0 Å². The van der Waals surface area contributed by atoms with Crippen molar-refractivity contribution < 1.29 is 27.5 Å². The number of anilines is 1. The lowest BCUT2D eigenvalue weighted by atomic mass is 10.0. The summed E-state index contributed by atoms with van der Waals surface area (Å²) in [6.45, 7) is 1.51. The number of aryl methyl sites for hydroxylation is 2. The van der Waals surface area contributed by atoms with Gasteiger partial charge in [-0.25, -0.2) is 9.37 Å². The Morgan fingerprint density at radius 2 is 1.91 bits per heavy atom. The maximum Gasteiger partial charge on any atom is 0.420 e. The third-order valence-electron chi connectivity index (χ3n) is 5.42. The van der Waals surface area contributed by atoms with Crippen LogP contribution in [-0.2, 0) is 11.8 Å². The summed E-state index contributed by atoms with van der Waals surface area (Å²) >= 11 is 0. The predicted octanol–water partition coefficient (Wildman–Crippen LogP) is 3.20. The number of hydrogen-bond acceptors (Lipinski definition) is 5. The van der Waals surface area contributed by atoms with Crippen LogP contribution in [0.5, 0.6) is 0 Å². The number of nitrogens with zero attached hydrogens (tertiary/aromatic N) is 3. The topological polar surface area (TPSA) is 97.1 Å². The molecule has 0 aliphatic heterocycles. The molecular weight excluding hydrogens is 432 g/mol. The lowest BCUT2D eigenvalue weighted by molar-refractivity contribution is -0.207. The van der Waals surface area contributed by atoms with Crippen molar-refractivity contribution in [3.05, 3.63) is 52.2 Å². The molecule has 3 heterocycles. The first kappa shape index (κ1) is 21.9. The predicted molar refractivity (Wildman–Crippen MR) is 108 cm³/mol. The lowest BCUT2D eigenvalue weighted by Gasteiger charge is -2.16. The number of carbonyl (C=O) groups is 1. The van der Waals surface area contributed by atoms with Crippen LogP contribution in [0.4, 0.5) is 23.4 Å². The van der Waals surface area contributed by atoms with Gasteiger partial charge in [0.15, 0.2) is 6.10 Å². The van der Waals surface area contributed by atoms with Crippen molar-refractivity contribution in [2.24, 2.45) is 13.0 Å². The van der Waals surface area contributed by atoms with E-state index < -0.39 is 41.5 Å². The van der Waals surface area contributed by atoms with Gasteiger partial charge in [0.25, 0.3) is 5.56 Å². The van der Waals surface area contributed by atoms with Gasteiger partial charge in [-0.1, -0.05) is 0 Å². The second kappa shape index (κ2) is 7.66. The van der Waals surface area contributed by atoms with Crippen molar-refractivity contribution in [2.45, 2.75) is 31.8 Å². The molecular formula is C21H18F4N4O3. The molecule has 7 nitrogen and oxygen atoms in total. The van der Waals surface area contributed by atoms with E-state index in [0.717, 1.165) is 12.3 Å². The van der Waals surface area contributed by atoms with E-state index >= 15 is 0 Å². The van der Waals surface area contributed by atoms with Crippen LogP contribution in [0, 0.1) is 12.8 Å². The fourth-order valence-electron chi connectivity index (χ4n) is 3.46. The second-order valence-corrected chi connectivity index (χ2v) is 7.77. The molecule has 0 aromatic carbocycles. The number of carbonyl (C=O) groups excluding carboxylic acids is 1. The zero-order valence-corrected chi connectivity index (χ0v) is 16.9. The van der Waals surface area contributed by atoms with E-state index in [1.165, 1.54) is 36.9 Å². The quantitative estimate of drug-likeness (QED) is 0.595. The Labute approximate surface area is 178 Å². The maximum atomic E-state index is 13.1. The molecule has 1 aliphatic rings. The van der Waals surface area contributed by atoms with Gasteiger partial charge in [0, 0.05) is 42.0 Å². The number of aliphatic hydroxyl groups is 1. The van der Waals surface area contributed by atoms with Crippen LogP contribution in [0.1, 0.15) is 23.8 Å². The molecule has 1 saturated carbocycles. The number of hydrogen-bond donors (Lipinski definition) is 2. The average Bonchev–Trinajstić information content (AvgIpc) is 3.47. The van der Waals surface area contributed by atoms with E-state index in [-0.39, 0.29) is 17.8 Å². The average molecular weight is 450 g/mol. The van der Waals surface area contributed by atoms with E-state index in [4.69, 9.17) is 0 Å². The third kappa shape index (κ3) is 3.95. The molecule has 1 fully saturated rings. The molecule has 0 saturated heterocycles. The van der Waals surface area contributed by atoms with Crippen LogP contribution in [0.25, 0.3) is 22.0 Å². The Hall–Kier alpha value is -3.34. The van der Waals surface area contributed by atoms with Gasteiger partial charge in [0.2, 0.25) is 5.91 Å². The zero-order valence-electron chi connectivity index (χ0n) is 16.9. The zero-order chi connectivity index (χ0) is 23.4. The largest absolute Gasteiger partial charge is 0.420 e. The molecule has 0 radical (unpaired) electrons. The second-order valence-electron chi connectivity index (χ2n) is 7.77. The van der Waals surface area contributed by atoms with Gasteiger partial charge in [-0.2, -0.15) is 13.2 Å². The summed E-state index contributed by atoms with van der Waals surface area (Å²) in [6.07, 6.45) is -6.01. The van der Waals surface area contributed by atoms with Crippen molar-refractivity contribution >= 4 is 22.6 Å². The number of pyridine rings is 3. The smallest absolute Gasteiger partial charge is 0.378 e. The monoisotopic (exact) mass is 450 g/mol. The summed E-state index contributed by atoms with van der Waals surface area (Å²) in [5.41, 5.74) is 0.273. The fraction of sp³-hybridized carbons (Fsp3) is 0.333. The van der Waals surface area contributed by atoms with Crippen LogP contribution in [0.2, 0.25) is 0 Å². The molecule has 4 rings (SSSR count). The number of amides is 1. The Bertz CT molecular complexity index is 1290. The summed E-state index contributed by atoms with van der Waals surface area (Å²) in [4.78, 5) is 32.7. The number of aromatic nitrogens is 3. The van der Waals surface area contributed by atoms with E-state index in [9.17, 15) is 32.3 Å². The number of fused-ring (bicyclic) bond motifs is 1. The molecule has 0 unspecified atom stereocenters. The molecule has 168 valence electrons. The molecule has 1 amide bonds. The van der Waals surface area contributed by atoms with Crippen LogP contribution >= 0.6 is 0 Å². The highest BCUT2D eigenvalue weighted by Gasteiger charge is 2.43. The first-order valence-electron chi connectivity index (χ1n) is 9.63. The van der Waals surface area contributed by atoms with E-state index in [2.05, 4.69) is 15.3 Å². The Morgan fingerprint density at radius 1 is 1.22 bits per heavy atom. The van der Waals surface area contributed by atoms with Crippen LogP contribution in [-0.4, -0.2) is 37.9 Å². The number of rotatable bonds is 4. The molecule has 3 aromatic heterocycles. The van der Waals surface area contributed by atoms with Crippen molar-refractivity contribution in [1.82, 2.24) is 14.5 Å². The van der Waals surface area contributed by atoms with Crippen molar-refractivity contribution in [1.29, 1.82) is 0 Å². The number of nitrogens with one attached hydrogen (secondary N) is 1. The number of halogens is 4. The standard InChI is InChI=1S/C21H18F4N4O3/c1-9-3-15(18(30)21(23,24)25)26-8-13(9)11-4-10-7-27-17(6-16(10)29(2)20(11)32)28-19(31)12-5-14(12)22/h3-4,6-8,12,14,18,30H,5H2,1-2H3,(H,27,28,31)/t12-,14-,18+/m1/s1. The van der Waals surface area contributed by atoms with Gasteiger partial charge >= 0.3 is 6.18 Å². The van der Waals surface area contributed by atoms with Gasteiger partial charge in [0.1, 0.15) is 12.0 Å². The van der Waals surface area contributed by atoms with Crippen molar-refractivity contribution in [3.8, 4) is 11.1 Å². The van der Waals surface area contributed by atoms with E-state index in [1.807, 2.05) is 0 Å². The highest BCUT2D eigenvalue weighted by atomic mass is 19.4. The van der Waals surface area contributed by atoms with E-state index in [1.54, 1.807) is 0 Å². The highest BCUT2D eigenvalue weighted by Crippen LogP contribution is 2.35. The molecule has 3 atom stereocenters. The van der Waals surface area contributed by atoms with Crippen LogP contribution < -0.4 is 10.9 Å². The normalized spacial score (nSPS) is 19.1. The summed E-state index contributed by atoms with van der Waals surface area (Å²) in [7, 11) is 1.50. The van der Waals surface area contributed by atoms with E-state index in [0.29, 0.717) is 22.0 Å². The molecule has 0 spiro atoms. The van der Waals surface area contributed by atoms with Crippen LogP contribution in [0.3, 0.4) is 0 Å². The molecule has 1 aliphatic carbocycles. The Kier molecular flexibility index (Phi) is 5.24. The first-order valence-corrected chi connectivity index (χ1v) is 9.63. The summed E-state index contributed by atoms with van der Waals surface area (Å²) in [5.74, 6) is -0.991. The van der Waals surface area contributed by atoms with Gasteiger partial charge in [-0.05, 0) is 31.0 Å². The lowest BCUT2D eigenvalue weighted by Crippen LogP contribution is -2.22. The minimum Gasteiger partial charge on any atom is -0.378 e. The maximum absolute atomic E-state index is 13.1. The van der Waals surface area contributed by atoms with Gasteiger partial charge in [0.05, 0.1) is 17.1 Å². The third-order valence-corrected chi connectivity index (χ3v) is 5.42. The van der Waals surface area contributed by atoms with Crippen molar-refractivity contribution in [3.63, 3.8) is 0 Å². The fourth-order valence-corrected chi connectivity index (χ4v) is 3.46. The van der Waals surface area contributed by atoms with Gasteiger partial charge in [-0.15, -0.1) is 0 Å². The summed E-state index contributed by atoms with van der Waals surface area (Å²) < 4.78 is 52.7. The number of aliphatic hydroxyl groups excluding tert-OH is 1. The molecule has 3 aromatic rings. The summed E-state index contributed by atoms with van der Waals surface area (Å²) in [6, 6.07) is 4.10. The van der Waals surface area contributed by atoms with Crippen LogP contribution in [0.15, 0.2) is 35.4 Å². The molecule has 2 N–H and O–H groups in total. The first-order chi connectivity index (χ1) is 15.0. The Morgan fingerprint density at radius 3 is 2.50 bits per heavy atom. The highest BCUT2D eigenvalue weighted by molar-refractivity contribution is 5.95. The molecule has 32 heavy (non-hydrogen) atoms. The Balaban J connectivity index is 1.71. The SMILES string of the molecule is Cc1cc([C@H](O)C(F)(F)F)ncc1-c1cc2cnc(NC(=O)[C@@H]3C[C@H]3F)cc2n(C)c1=O. The molecule has 0 bridgehead atoms. The number of alkyl halides is 4. The van der Waals surface area contributed by atoms with Crippen molar-refractivity contribution in [2.75, 3.05) is 5.32 Å².